The van der Waals surface area contributed by atoms with Crippen LogP contribution in [0.25, 0.3) is 0 Å². The van der Waals surface area contributed by atoms with Crippen LogP contribution in [-0.4, -0.2) is 77.7 Å². The summed E-state index contributed by atoms with van der Waals surface area (Å²) in [6.45, 7) is 4.76. The maximum absolute atomic E-state index is 12.0. The molecule has 0 bridgehead atoms. The molecule has 0 aromatic carbocycles. The van der Waals surface area contributed by atoms with Gasteiger partial charge in [0.2, 0.25) is 10.0 Å². The highest BCUT2D eigenvalue weighted by atomic mass is 127. The number of nitrogens with one attached hydrogen (secondary N) is 2. The Morgan fingerprint density at radius 2 is 1.91 bits per heavy atom. The molecule has 11 heteroatoms. The molecular formula is C11H25IN4O4S2. The van der Waals surface area contributed by atoms with Crippen molar-refractivity contribution < 1.29 is 16.8 Å². The molecule has 0 radical (unpaired) electrons. The molecule has 0 spiro atoms. The van der Waals surface area contributed by atoms with Crippen molar-refractivity contribution in [2.24, 2.45) is 4.99 Å². The lowest BCUT2D eigenvalue weighted by atomic mass is 10.2. The van der Waals surface area contributed by atoms with Crippen LogP contribution in [0.5, 0.6) is 0 Å². The van der Waals surface area contributed by atoms with Gasteiger partial charge in [-0.3, -0.25) is 4.99 Å². The summed E-state index contributed by atoms with van der Waals surface area (Å²) in [7, 11) is -4.69. The third kappa shape index (κ3) is 6.16. The number of hydrogen-bond donors (Lipinski definition) is 2. The highest BCUT2D eigenvalue weighted by Crippen LogP contribution is 2.23. The van der Waals surface area contributed by atoms with Crippen LogP contribution >= 0.6 is 24.0 Å². The quantitative estimate of drug-likeness (QED) is 0.243. The average Bonchev–Trinajstić information content (AvgIpc) is 2.32. The van der Waals surface area contributed by atoms with E-state index < -0.39 is 24.6 Å². The first-order chi connectivity index (χ1) is 9.48. The molecule has 1 fully saturated rings. The van der Waals surface area contributed by atoms with Gasteiger partial charge in [0.1, 0.15) is 0 Å². The molecule has 1 rings (SSSR count). The number of sulfone groups is 1. The minimum Gasteiger partial charge on any atom is -0.355 e. The van der Waals surface area contributed by atoms with Gasteiger partial charge in [0.25, 0.3) is 0 Å². The normalized spacial score (nSPS) is 21.1. The van der Waals surface area contributed by atoms with Crippen LogP contribution in [0.4, 0.5) is 0 Å². The van der Waals surface area contributed by atoms with E-state index in [2.05, 4.69) is 15.0 Å². The monoisotopic (exact) mass is 468 g/mol. The number of aliphatic imine (C=N–C) groups is 1. The number of sulfonamides is 1. The molecular weight excluding hydrogens is 443 g/mol. The smallest absolute Gasteiger partial charge is 0.208 e. The Morgan fingerprint density at radius 1 is 1.32 bits per heavy atom. The molecule has 22 heavy (non-hydrogen) atoms. The number of guanidine groups is 1. The van der Waals surface area contributed by atoms with Gasteiger partial charge in [0, 0.05) is 33.2 Å². The van der Waals surface area contributed by atoms with E-state index in [1.165, 1.54) is 0 Å². The zero-order valence-corrected chi connectivity index (χ0v) is 17.3. The maximum Gasteiger partial charge on any atom is 0.208 e. The number of hydrogen-bond acceptors (Lipinski definition) is 5. The fraction of sp³-hybridized carbons (Fsp3) is 0.909. The zero-order chi connectivity index (χ0) is 16.3. The fourth-order valence-corrected chi connectivity index (χ4v) is 3.91. The standard InChI is InChI=1S/C11H24N4O4S2.HI/c1-11(2)9-15(7-8-21(11,18)19)10(12-3)13-5-6-14-20(4,16)17;/h14H,5-9H2,1-4H3,(H,12,13);1H. The lowest BCUT2D eigenvalue weighted by Crippen LogP contribution is -2.57. The van der Waals surface area contributed by atoms with Gasteiger partial charge in [-0.2, -0.15) is 0 Å². The molecule has 0 aliphatic carbocycles. The van der Waals surface area contributed by atoms with E-state index in [1.807, 2.05) is 4.90 Å². The Balaban J connectivity index is 0.00000441. The first-order valence-electron chi connectivity index (χ1n) is 6.61. The number of rotatable bonds is 4. The SMILES string of the molecule is CN=C(NCCNS(C)(=O)=O)N1CCS(=O)(=O)C(C)(C)C1.I. The van der Waals surface area contributed by atoms with Crippen LogP contribution in [0.15, 0.2) is 4.99 Å². The van der Waals surface area contributed by atoms with Crippen molar-refractivity contribution in [3.05, 3.63) is 0 Å². The summed E-state index contributed by atoms with van der Waals surface area (Å²) < 4.78 is 47.4. The van der Waals surface area contributed by atoms with Crippen molar-refractivity contribution >= 4 is 49.8 Å². The third-order valence-corrected chi connectivity index (χ3v) is 6.59. The Kier molecular flexibility index (Phi) is 8.05. The first kappa shape index (κ1) is 21.9. The van der Waals surface area contributed by atoms with Gasteiger partial charge < -0.3 is 10.2 Å². The van der Waals surface area contributed by atoms with Gasteiger partial charge in [0.05, 0.1) is 16.8 Å². The average molecular weight is 468 g/mol. The minimum absolute atomic E-state index is 0. The molecule has 2 N–H and O–H groups in total. The predicted octanol–water partition coefficient (Wildman–Crippen LogP) is -0.762. The van der Waals surface area contributed by atoms with E-state index in [-0.39, 0.29) is 36.3 Å². The molecule has 0 aromatic rings. The third-order valence-electron chi connectivity index (χ3n) is 3.33. The largest absolute Gasteiger partial charge is 0.355 e. The van der Waals surface area contributed by atoms with Crippen LogP contribution in [0.3, 0.4) is 0 Å². The summed E-state index contributed by atoms with van der Waals surface area (Å²) in [5.41, 5.74) is 0. The molecule has 1 saturated heterocycles. The van der Waals surface area contributed by atoms with Gasteiger partial charge >= 0.3 is 0 Å². The summed E-state index contributed by atoms with van der Waals surface area (Å²) in [5.74, 6) is 0.663. The molecule has 0 aromatic heterocycles. The highest BCUT2D eigenvalue weighted by molar-refractivity contribution is 14.0. The topological polar surface area (TPSA) is 108 Å². The Labute approximate surface area is 150 Å². The minimum atomic E-state index is -3.21. The molecule has 1 aliphatic rings. The molecule has 8 nitrogen and oxygen atoms in total. The first-order valence-corrected chi connectivity index (χ1v) is 10.2. The van der Waals surface area contributed by atoms with Crippen LogP contribution in [0.1, 0.15) is 13.8 Å². The number of nitrogens with zero attached hydrogens (tertiary/aromatic N) is 2. The second kappa shape index (κ2) is 8.11. The summed E-state index contributed by atoms with van der Waals surface area (Å²) >= 11 is 0. The van der Waals surface area contributed by atoms with Gasteiger partial charge in [-0.25, -0.2) is 21.6 Å². The zero-order valence-electron chi connectivity index (χ0n) is 13.3. The second-order valence-electron chi connectivity index (χ2n) is 5.64. The Hall–Kier alpha value is -0.140. The lowest BCUT2D eigenvalue weighted by Gasteiger charge is -2.39. The van der Waals surface area contributed by atoms with Crippen molar-refractivity contribution in [2.75, 3.05) is 45.2 Å². The van der Waals surface area contributed by atoms with E-state index in [1.54, 1.807) is 20.9 Å². The van der Waals surface area contributed by atoms with Crippen molar-refractivity contribution in [3.63, 3.8) is 0 Å². The molecule has 132 valence electrons. The van der Waals surface area contributed by atoms with Gasteiger partial charge in [-0.05, 0) is 13.8 Å². The maximum atomic E-state index is 12.0. The molecule has 0 atom stereocenters. The van der Waals surface area contributed by atoms with Crippen molar-refractivity contribution in [2.45, 2.75) is 18.6 Å². The van der Waals surface area contributed by atoms with E-state index in [9.17, 15) is 16.8 Å². The van der Waals surface area contributed by atoms with E-state index in [0.717, 1.165) is 6.26 Å². The Morgan fingerprint density at radius 3 is 2.36 bits per heavy atom. The fourth-order valence-electron chi connectivity index (χ4n) is 2.07. The van der Waals surface area contributed by atoms with Crippen LogP contribution in [-0.2, 0) is 19.9 Å². The summed E-state index contributed by atoms with van der Waals surface area (Å²) in [6, 6.07) is 0. The van der Waals surface area contributed by atoms with Crippen LogP contribution in [0.2, 0.25) is 0 Å². The van der Waals surface area contributed by atoms with Gasteiger partial charge in [-0.1, -0.05) is 0 Å². The van der Waals surface area contributed by atoms with Crippen molar-refractivity contribution in [3.8, 4) is 0 Å². The summed E-state index contributed by atoms with van der Waals surface area (Å²) in [6.07, 6.45) is 1.10. The van der Waals surface area contributed by atoms with Crippen molar-refractivity contribution in [1.82, 2.24) is 14.9 Å². The van der Waals surface area contributed by atoms with Gasteiger partial charge in [0.15, 0.2) is 15.8 Å². The van der Waals surface area contributed by atoms with E-state index >= 15 is 0 Å². The lowest BCUT2D eigenvalue weighted by molar-refractivity contribution is 0.353. The van der Waals surface area contributed by atoms with Crippen molar-refractivity contribution in [1.29, 1.82) is 0 Å². The molecule has 1 heterocycles. The second-order valence-corrected chi connectivity index (χ2v) is 10.2. The summed E-state index contributed by atoms with van der Waals surface area (Å²) in [4.78, 5) is 5.99. The van der Waals surface area contributed by atoms with Gasteiger partial charge in [-0.15, -0.1) is 24.0 Å². The van der Waals surface area contributed by atoms with E-state index in [4.69, 9.17) is 0 Å². The highest BCUT2D eigenvalue weighted by Gasteiger charge is 2.40. The Bertz CT molecular complexity index is 602. The van der Waals surface area contributed by atoms with Crippen LogP contribution < -0.4 is 10.0 Å². The van der Waals surface area contributed by atoms with Crippen LogP contribution in [0, 0.1) is 0 Å². The number of halogens is 1. The summed E-state index contributed by atoms with van der Waals surface area (Å²) in [5, 5.41) is 3.03. The predicted molar refractivity (Wildman–Crippen MR) is 99.1 cm³/mol. The molecule has 0 unspecified atom stereocenters. The molecule has 0 amide bonds. The van der Waals surface area contributed by atoms with E-state index in [0.29, 0.717) is 25.6 Å². The molecule has 1 aliphatic heterocycles. The molecule has 0 saturated carbocycles.